The number of anilines is 1. The molecule has 0 fully saturated rings. The predicted octanol–water partition coefficient (Wildman–Crippen LogP) is 22.4. The molecule has 84 heavy (non-hydrogen) atoms. The zero-order chi connectivity index (χ0) is 60.3. The fourth-order valence-corrected chi connectivity index (χ4v) is 11.1. The lowest BCUT2D eigenvalue weighted by atomic mass is 9.85. The molecule has 1 heterocycles. The second-order valence-electron chi connectivity index (χ2n) is 29.8. The third-order valence-corrected chi connectivity index (χ3v) is 16.8. The van der Waals surface area contributed by atoms with Crippen LogP contribution in [-0.2, 0) is 32.5 Å². The molecule has 0 spiro atoms. The van der Waals surface area contributed by atoms with Crippen LogP contribution >= 0.6 is 0 Å². The molecule has 10 rings (SSSR count). The van der Waals surface area contributed by atoms with Crippen molar-refractivity contribution in [2.75, 3.05) is 11.7 Å². The van der Waals surface area contributed by atoms with Crippen molar-refractivity contribution in [3.05, 3.63) is 239 Å². The Morgan fingerprint density at radius 3 is 0.714 bits per heavy atom. The van der Waals surface area contributed by atoms with E-state index < -0.39 is 0 Å². The maximum Gasteiger partial charge on any atom is 0.269 e. The molecule has 0 radical (unpaired) electrons. The van der Waals surface area contributed by atoms with Crippen molar-refractivity contribution < 1.29 is 4.70 Å². The van der Waals surface area contributed by atoms with Crippen molar-refractivity contribution >= 4 is 17.2 Å². The van der Waals surface area contributed by atoms with Crippen molar-refractivity contribution in [1.29, 1.82) is 0 Å². The second-order valence-corrected chi connectivity index (χ2v) is 29.8. The highest BCUT2D eigenvalue weighted by Gasteiger charge is 2.30. The first-order chi connectivity index (χ1) is 39.3. The van der Waals surface area contributed by atoms with Crippen molar-refractivity contribution in [2.45, 2.75) is 157 Å². The summed E-state index contributed by atoms with van der Waals surface area (Å²) in [4.78, 5) is 0. The van der Waals surface area contributed by atoms with E-state index >= 15 is 0 Å². The zero-order valence-corrected chi connectivity index (χ0v) is 53.5. The van der Waals surface area contributed by atoms with Gasteiger partial charge in [0.05, 0.1) is 5.69 Å². The average molecular weight is 1110 g/mol. The minimum Gasteiger partial charge on any atom is -0.201 e. The fraction of sp³-hybridized carbons (Fsp3) is 0.312. The van der Waals surface area contributed by atoms with Gasteiger partial charge in [-0.25, -0.2) is 5.01 Å². The summed E-state index contributed by atoms with van der Waals surface area (Å²) in [5.41, 5.74) is 24.4. The first-order valence-electron chi connectivity index (χ1n) is 30.3. The molecule has 9 aromatic carbocycles. The predicted molar refractivity (Wildman–Crippen MR) is 360 cm³/mol. The van der Waals surface area contributed by atoms with Crippen LogP contribution in [0.15, 0.2) is 210 Å². The topological polar surface area (TPSA) is 31.0 Å². The van der Waals surface area contributed by atoms with Crippen molar-refractivity contribution in [2.24, 2.45) is 10.2 Å². The van der Waals surface area contributed by atoms with Gasteiger partial charge in [0.2, 0.25) is 11.5 Å². The number of hydrogen-bond donors (Lipinski definition) is 0. The standard InChI is InChI=1S/C80H89N4/c1-75(2,3)66-31-19-53(20-32-66)59-43-60(54-21-33-67(34-22-54)76(4,5)6)47-65(46-59)74-81-83(72-48-61(55-23-35-68(36-24-55)77(7,8)9)44-62(49-72)56-25-37-69(38-26-56)78(10,11)12)52-84(82-74)73-50-63(57-27-39-70(40-28-57)79(13,14)15)45-64(51-73)58-29-41-71(42-30-58)80(16,17)18/h19-51H,52H2,1-18H3/q+1. The lowest BCUT2D eigenvalue weighted by Gasteiger charge is -2.23. The summed E-state index contributed by atoms with van der Waals surface area (Å²) < 4.78 is 2.17. The van der Waals surface area contributed by atoms with Crippen LogP contribution in [-0.4, -0.2) is 17.2 Å². The Kier molecular flexibility index (Phi) is 15.7. The van der Waals surface area contributed by atoms with Gasteiger partial charge in [-0.05, 0) is 175 Å². The Labute approximate surface area is 504 Å². The van der Waals surface area contributed by atoms with E-state index in [4.69, 9.17) is 10.2 Å². The minimum atomic E-state index is 0.0226. The zero-order valence-electron chi connectivity index (χ0n) is 53.5. The molecular formula is C80H89N4+. The minimum absolute atomic E-state index is 0.0226. The van der Waals surface area contributed by atoms with Crippen LogP contribution in [0.3, 0.4) is 0 Å². The number of azo groups is 2. The smallest absolute Gasteiger partial charge is 0.201 e. The van der Waals surface area contributed by atoms with Crippen LogP contribution in [0.4, 0.5) is 11.4 Å². The summed E-state index contributed by atoms with van der Waals surface area (Å²) in [6.45, 7) is 41.3. The Balaban J connectivity index is 1.22. The molecule has 0 aliphatic carbocycles. The average Bonchev–Trinajstić information content (AvgIpc) is 3.55. The molecule has 1 aliphatic rings. The van der Waals surface area contributed by atoms with Crippen LogP contribution < -0.4 is 5.01 Å². The molecule has 428 valence electrons. The van der Waals surface area contributed by atoms with Crippen molar-refractivity contribution in [3.8, 4) is 66.8 Å². The van der Waals surface area contributed by atoms with Gasteiger partial charge < -0.3 is 0 Å². The van der Waals surface area contributed by atoms with Gasteiger partial charge in [0.15, 0.2) is 0 Å². The summed E-state index contributed by atoms with van der Waals surface area (Å²) in [5.74, 6) is 0.619. The van der Waals surface area contributed by atoms with E-state index in [9.17, 15) is 0 Å². The van der Waals surface area contributed by atoms with Gasteiger partial charge >= 0.3 is 0 Å². The van der Waals surface area contributed by atoms with E-state index in [0.717, 1.165) is 83.7 Å². The molecule has 1 aliphatic heterocycles. The number of benzene rings is 9. The maximum atomic E-state index is 5.69. The van der Waals surface area contributed by atoms with Gasteiger partial charge in [-0.1, -0.05) is 275 Å². The second kappa shape index (κ2) is 22.2. The molecule has 4 nitrogen and oxygen atoms in total. The number of hydrazone groups is 1. The first-order valence-corrected chi connectivity index (χ1v) is 30.3. The first kappa shape index (κ1) is 59.2. The highest BCUT2D eigenvalue weighted by Crippen LogP contribution is 2.40. The number of rotatable bonds is 9. The van der Waals surface area contributed by atoms with Gasteiger partial charge in [-0.15, -0.1) is 5.10 Å². The molecule has 0 amide bonds. The molecular weight excluding hydrogens is 1020 g/mol. The molecule has 0 aromatic heterocycles. The summed E-state index contributed by atoms with van der Waals surface area (Å²) in [6, 6.07) is 75.6. The number of hydrogen-bond acceptors (Lipinski definition) is 3. The van der Waals surface area contributed by atoms with Crippen LogP contribution in [0.25, 0.3) is 66.8 Å². The van der Waals surface area contributed by atoms with Crippen LogP contribution in [0.2, 0.25) is 0 Å². The maximum absolute atomic E-state index is 5.69. The van der Waals surface area contributed by atoms with Gasteiger partial charge in [0.25, 0.3) is 6.67 Å². The highest BCUT2D eigenvalue weighted by molar-refractivity contribution is 6.02. The molecule has 4 heteroatoms. The lowest BCUT2D eigenvalue weighted by Crippen LogP contribution is -2.31. The number of amidine groups is 1. The summed E-state index contributed by atoms with van der Waals surface area (Å²) in [5, 5.41) is 13.6. The Hall–Kier alpha value is -7.95. The third-order valence-electron chi connectivity index (χ3n) is 16.8. The fourth-order valence-electron chi connectivity index (χ4n) is 11.1. The molecule has 0 atom stereocenters. The van der Waals surface area contributed by atoms with E-state index in [-0.39, 0.29) is 32.5 Å². The lowest BCUT2D eigenvalue weighted by molar-refractivity contribution is -0.507. The quantitative estimate of drug-likeness (QED) is 0.133. The SMILES string of the molecule is CC(C)(C)c1ccc(-c2cc(C3=NN(c4cc(-c5ccc(C(C)(C)C)cc5)cc(-c5ccc(C(C)(C)C)cc5)c4)C[N+](c4cc(-c5ccc(C(C)(C)C)cc5)cc(-c5ccc(C(C)(C)C)cc5)c4)=N3)cc(-c3ccc(C(C)(C)C)cc3)c2)cc1. The largest absolute Gasteiger partial charge is 0.269 e. The van der Waals surface area contributed by atoms with Gasteiger partial charge in [-0.2, -0.15) is 0 Å². The summed E-state index contributed by atoms with van der Waals surface area (Å²) >= 11 is 0. The Bertz CT molecular complexity index is 3660. The van der Waals surface area contributed by atoms with Crippen molar-refractivity contribution in [3.63, 3.8) is 0 Å². The van der Waals surface area contributed by atoms with E-state index in [1.54, 1.807) is 0 Å². The van der Waals surface area contributed by atoms with Crippen LogP contribution in [0.1, 0.15) is 164 Å². The molecule has 0 saturated heterocycles. The molecule has 0 bridgehead atoms. The van der Waals surface area contributed by atoms with Crippen molar-refractivity contribution in [1.82, 2.24) is 0 Å². The van der Waals surface area contributed by atoms with E-state index in [0.29, 0.717) is 12.5 Å². The Morgan fingerprint density at radius 2 is 0.476 bits per heavy atom. The Morgan fingerprint density at radius 1 is 0.262 bits per heavy atom. The third kappa shape index (κ3) is 13.3. The number of nitrogens with zero attached hydrogens (tertiary/aromatic N) is 4. The van der Waals surface area contributed by atoms with E-state index in [1.165, 1.54) is 33.4 Å². The molecule has 0 saturated carbocycles. The monoisotopic (exact) mass is 1110 g/mol. The summed E-state index contributed by atoms with van der Waals surface area (Å²) in [6.07, 6.45) is 0. The van der Waals surface area contributed by atoms with Gasteiger partial charge in [-0.3, -0.25) is 0 Å². The highest BCUT2D eigenvalue weighted by atomic mass is 15.6. The molecule has 9 aromatic rings. The summed E-state index contributed by atoms with van der Waals surface area (Å²) in [7, 11) is 0. The van der Waals surface area contributed by atoms with Gasteiger partial charge in [0, 0.05) is 22.8 Å². The van der Waals surface area contributed by atoms with Crippen LogP contribution in [0, 0.1) is 0 Å². The molecule has 0 N–H and O–H groups in total. The molecule has 0 unspecified atom stereocenters. The van der Waals surface area contributed by atoms with Crippen LogP contribution in [0.5, 0.6) is 0 Å². The van der Waals surface area contributed by atoms with E-state index in [1.807, 2.05) is 0 Å². The van der Waals surface area contributed by atoms with E-state index in [2.05, 4.69) is 335 Å². The normalized spacial score (nSPS) is 13.7. The van der Waals surface area contributed by atoms with Gasteiger partial charge in [0.1, 0.15) is 0 Å².